The zero-order valence-electron chi connectivity index (χ0n) is 15.3. The number of rotatable bonds is 9. The van der Waals surface area contributed by atoms with Gasteiger partial charge in [0, 0.05) is 17.8 Å². The van der Waals surface area contributed by atoms with Crippen LogP contribution in [0, 0.1) is 5.82 Å². The molecule has 3 aromatic rings. The average molecular weight is 435 g/mol. The standard InChI is InChI=1S/C20H19FN2O4S2/c21-17-5-1-2-6-18(17)27-13-4-12-22-20(24)15-8-10-16(11-9-15)23-29(25,26)19-7-3-14-28-19/h1-3,5-11,14,23H,4,12-13H2,(H,22,24). The molecule has 0 aliphatic carbocycles. The summed E-state index contributed by atoms with van der Waals surface area (Å²) in [4.78, 5) is 12.2. The molecule has 0 atom stereocenters. The van der Waals surface area contributed by atoms with E-state index in [0.29, 0.717) is 24.2 Å². The van der Waals surface area contributed by atoms with E-state index in [9.17, 15) is 17.6 Å². The van der Waals surface area contributed by atoms with Gasteiger partial charge in [-0.2, -0.15) is 0 Å². The van der Waals surface area contributed by atoms with Gasteiger partial charge >= 0.3 is 0 Å². The Labute approximate surface area is 172 Å². The molecule has 0 unspecified atom stereocenters. The number of amides is 1. The fourth-order valence-electron chi connectivity index (χ4n) is 2.43. The van der Waals surface area contributed by atoms with E-state index < -0.39 is 15.8 Å². The number of para-hydroxylation sites is 1. The Morgan fingerprint density at radius 1 is 1.03 bits per heavy atom. The van der Waals surface area contributed by atoms with E-state index in [4.69, 9.17) is 4.74 Å². The lowest BCUT2D eigenvalue weighted by atomic mass is 10.2. The first kappa shape index (κ1) is 20.8. The molecule has 2 N–H and O–H groups in total. The van der Waals surface area contributed by atoms with Crippen molar-refractivity contribution in [3.63, 3.8) is 0 Å². The molecule has 0 saturated heterocycles. The smallest absolute Gasteiger partial charge is 0.271 e. The van der Waals surface area contributed by atoms with Gasteiger partial charge in [0.25, 0.3) is 15.9 Å². The van der Waals surface area contributed by atoms with Crippen LogP contribution in [-0.4, -0.2) is 27.5 Å². The molecule has 2 aromatic carbocycles. The highest BCUT2D eigenvalue weighted by Crippen LogP contribution is 2.20. The summed E-state index contributed by atoms with van der Waals surface area (Å²) in [5.74, 6) is -0.533. The van der Waals surface area contributed by atoms with Gasteiger partial charge in [-0.1, -0.05) is 18.2 Å². The molecule has 1 aromatic heterocycles. The van der Waals surface area contributed by atoms with Crippen LogP contribution in [0.3, 0.4) is 0 Å². The lowest BCUT2D eigenvalue weighted by molar-refractivity contribution is 0.0951. The third-order valence-corrected chi connectivity index (χ3v) is 6.64. The number of carbonyl (C=O) groups is 1. The van der Waals surface area contributed by atoms with Crippen LogP contribution in [-0.2, 0) is 10.0 Å². The van der Waals surface area contributed by atoms with Gasteiger partial charge < -0.3 is 10.1 Å². The maximum Gasteiger partial charge on any atom is 0.271 e. The predicted molar refractivity (Wildman–Crippen MR) is 110 cm³/mol. The molecule has 0 bridgehead atoms. The molecule has 1 amide bonds. The molecular weight excluding hydrogens is 415 g/mol. The maximum atomic E-state index is 13.4. The number of benzene rings is 2. The zero-order chi connectivity index (χ0) is 20.7. The zero-order valence-corrected chi connectivity index (χ0v) is 16.9. The number of ether oxygens (including phenoxy) is 1. The number of nitrogens with one attached hydrogen (secondary N) is 2. The van der Waals surface area contributed by atoms with Gasteiger partial charge in [-0.25, -0.2) is 12.8 Å². The van der Waals surface area contributed by atoms with Gasteiger partial charge in [0.05, 0.1) is 6.61 Å². The second kappa shape index (κ2) is 9.53. The molecule has 0 fully saturated rings. The van der Waals surface area contributed by atoms with Crippen LogP contribution in [0.5, 0.6) is 5.75 Å². The second-order valence-corrected chi connectivity index (χ2v) is 8.86. The third-order valence-electron chi connectivity index (χ3n) is 3.86. The van der Waals surface area contributed by atoms with Crippen molar-refractivity contribution in [1.82, 2.24) is 5.32 Å². The summed E-state index contributed by atoms with van der Waals surface area (Å²) in [6, 6.07) is 15.4. The summed E-state index contributed by atoms with van der Waals surface area (Å²) in [6.45, 7) is 0.630. The number of sulfonamides is 1. The number of halogens is 1. The molecule has 3 rings (SSSR count). The molecular formula is C20H19FN2O4S2. The minimum atomic E-state index is -3.62. The van der Waals surface area contributed by atoms with Gasteiger partial charge in [-0.15, -0.1) is 11.3 Å². The van der Waals surface area contributed by atoms with Gasteiger partial charge in [-0.3, -0.25) is 9.52 Å². The first-order chi connectivity index (χ1) is 14.0. The highest BCUT2D eigenvalue weighted by molar-refractivity contribution is 7.94. The van der Waals surface area contributed by atoms with Gasteiger partial charge in [0.1, 0.15) is 4.21 Å². The quantitative estimate of drug-likeness (QED) is 0.501. The Balaban J connectivity index is 1.45. The van der Waals surface area contributed by atoms with E-state index in [-0.39, 0.29) is 22.5 Å². The van der Waals surface area contributed by atoms with Crippen molar-refractivity contribution < 1.29 is 22.3 Å². The van der Waals surface area contributed by atoms with Gasteiger partial charge in [0.15, 0.2) is 11.6 Å². The average Bonchev–Trinajstić information content (AvgIpc) is 3.25. The van der Waals surface area contributed by atoms with Crippen LogP contribution < -0.4 is 14.8 Å². The molecule has 0 aliphatic heterocycles. The van der Waals surface area contributed by atoms with E-state index >= 15 is 0 Å². The van der Waals surface area contributed by atoms with Crippen molar-refractivity contribution in [3.05, 3.63) is 77.4 Å². The normalized spacial score (nSPS) is 11.1. The second-order valence-electron chi connectivity index (χ2n) is 6.00. The van der Waals surface area contributed by atoms with Crippen molar-refractivity contribution in [2.45, 2.75) is 10.6 Å². The number of carbonyl (C=O) groups excluding carboxylic acids is 1. The number of anilines is 1. The first-order valence-corrected chi connectivity index (χ1v) is 11.1. The lowest BCUT2D eigenvalue weighted by Gasteiger charge is -2.09. The maximum absolute atomic E-state index is 13.4. The van der Waals surface area contributed by atoms with Crippen LogP contribution in [0.4, 0.5) is 10.1 Å². The van der Waals surface area contributed by atoms with Crippen LogP contribution in [0.2, 0.25) is 0 Å². The highest BCUT2D eigenvalue weighted by atomic mass is 32.2. The van der Waals surface area contributed by atoms with E-state index in [0.717, 1.165) is 11.3 Å². The van der Waals surface area contributed by atoms with Gasteiger partial charge in [0.2, 0.25) is 0 Å². The van der Waals surface area contributed by atoms with E-state index in [1.54, 1.807) is 29.6 Å². The topological polar surface area (TPSA) is 84.5 Å². The Kier molecular flexibility index (Phi) is 6.84. The minimum Gasteiger partial charge on any atom is -0.490 e. The summed E-state index contributed by atoms with van der Waals surface area (Å²) in [5.41, 5.74) is 0.771. The van der Waals surface area contributed by atoms with Crippen LogP contribution in [0.1, 0.15) is 16.8 Å². The fraction of sp³-hybridized carbons (Fsp3) is 0.150. The predicted octanol–water partition coefficient (Wildman–Crippen LogP) is 3.89. The Morgan fingerprint density at radius 2 is 1.79 bits per heavy atom. The van der Waals surface area contributed by atoms with Crippen molar-refractivity contribution in [3.8, 4) is 5.75 Å². The molecule has 0 aliphatic rings. The van der Waals surface area contributed by atoms with E-state index in [1.807, 2.05) is 0 Å². The first-order valence-electron chi connectivity index (χ1n) is 8.77. The summed E-state index contributed by atoms with van der Waals surface area (Å²) < 4.78 is 45.8. The largest absolute Gasteiger partial charge is 0.490 e. The van der Waals surface area contributed by atoms with Crippen molar-refractivity contribution in [1.29, 1.82) is 0 Å². The van der Waals surface area contributed by atoms with Crippen LogP contribution >= 0.6 is 11.3 Å². The Bertz CT molecular complexity index is 1050. The summed E-state index contributed by atoms with van der Waals surface area (Å²) in [5, 5.41) is 4.42. The van der Waals surface area contributed by atoms with Crippen molar-refractivity contribution in [2.24, 2.45) is 0 Å². The lowest BCUT2D eigenvalue weighted by Crippen LogP contribution is -2.25. The number of hydrogen-bond donors (Lipinski definition) is 2. The molecule has 0 spiro atoms. The number of hydrogen-bond acceptors (Lipinski definition) is 5. The third kappa shape index (κ3) is 5.78. The molecule has 6 nitrogen and oxygen atoms in total. The minimum absolute atomic E-state index is 0.180. The van der Waals surface area contributed by atoms with Gasteiger partial charge in [-0.05, 0) is 54.3 Å². The molecule has 0 saturated carbocycles. The monoisotopic (exact) mass is 434 g/mol. The Hall–Kier alpha value is -2.91. The molecule has 152 valence electrons. The molecule has 0 radical (unpaired) electrons. The number of thiophene rings is 1. The molecule has 9 heteroatoms. The summed E-state index contributed by atoms with van der Waals surface area (Å²) in [6.07, 6.45) is 0.513. The molecule has 29 heavy (non-hydrogen) atoms. The molecule has 1 heterocycles. The van der Waals surface area contributed by atoms with Crippen molar-refractivity contribution in [2.75, 3.05) is 17.9 Å². The fourth-order valence-corrected chi connectivity index (χ4v) is 4.48. The van der Waals surface area contributed by atoms with Crippen LogP contribution in [0.15, 0.2) is 70.3 Å². The summed E-state index contributed by atoms with van der Waals surface area (Å²) >= 11 is 1.12. The highest BCUT2D eigenvalue weighted by Gasteiger charge is 2.15. The van der Waals surface area contributed by atoms with E-state index in [2.05, 4.69) is 10.0 Å². The summed E-state index contributed by atoms with van der Waals surface area (Å²) in [7, 11) is -3.62. The van der Waals surface area contributed by atoms with Crippen molar-refractivity contribution >= 4 is 33.0 Å². The Morgan fingerprint density at radius 3 is 2.48 bits per heavy atom. The SMILES string of the molecule is O=C(NCCCOc1ccccc1F)c1ccc(NS(=O)(=O)c2cccs2)cc1. The van der Waals surface area contributed by atoms with Crippen LogP contribution in [0.25, 0.3) is 0 Å². The van der Waals surface area contributed by atoms with E-state index in [1.165, 1.54) is 36.4 Å².